The molecular weight excluding hydrogens is 152 g/mol. The van der Waals surface area contributed by atoms with E-state index in [4.69, 9.17) is 0 Å². The molecule has 0 N–H and O–H groups in total. The van der Waals surface area contributed by atoms with Gasteiger partial charge in [-0.3, -0.25) is 0 Å². The Morgan fingerprint density at radius 3 is 3.00 bits per heavy atom. The van der Waals surface area contributed by atoms with Gasteiger partial charge in [0, 0.05) is 0 Å². The number of rotatable bonds is 2. The Kier molecular flexibility index (Phi) is 2.48. The maximum atomic E-state index is 4.10. The van der Waals surface area contributed by atoms with E-state index in [-0.39, 0.29) is 0 Å². The molecule has 2 nitrogen and oxygen atoms in total. The van der Waals surface area contributed by atoms with Crippen LogP contribution in [0.4, 0.5) is 0 Å². The van der Waals surface area contributed by atoms with Crippen LogP contribution in [0.1, 0.15) is 18.0 Å². The van der Waals surface area contributed by atoms with Gasteiger partial charge in [0.15, 0.2) is 5.82 Å². The second kappa shape index (κ2) is 3.17. The predicted molar refractivity (Wildman–Crippen MR) is 41.8 cm³/mol. The third-order valence-corrected chi connectivity index (χ3v) is 2.51. The van der Waals surface area contributed by atoms with Gasteiger partial charge in [-0.05, 0) is 24.7 Å². The van der Waals surface area contributed by atoms with Crippen molar-refractivity contribution in [2.24, 2.45) is 0 Å². The van der Waals surface area contributed by atoms with Crippen LogP contribution in [-0.2, 0) is 0 Å². The van der Waals surface area contributed by atoms with E-state index in [1.807, 2.05) is 0 Å². The van der Waals surface area contributed by atoms with Gasteiger partial charge in [0.25, 0.3) is 0 Å². The molecule has 1 aromatic rings. The van der Waals surface area contributed by atoms with Crippen LogP contribution in [-0.4, -0.2) is 15.6 Å². The zero-order valence-corrected chi connectivity index (χ0v) is 7.00. The second-order valence-electron chi connectivity index (χ2n) is 1.67. The van der Waals surface area contributed by atoms with Crippen molar-refractivity contribution in [3.63, 3.8) is 0 Å². The van der Waals surface area contributed by atoms with Gasteiger partial charge < -0.3 is 0 Å². The van der Waals surface area contributed by atoms with Crippen molar-refractivity contribution in [3.05, 3.63) is 11.3 Å². The lowest BCUT2D eigenvalue weighted by molar-refractivity contribution is 0.975. The summed E-state index contributed by atoms with van der Waals surface area (Å²) in [6, 6.07) is 0. The SMILES string of the molecule is CSC(C)c1ncsn1. The predicted octanol–water partition coefficient (Wildman–Crippen LogP) is 1.96. The van der Waals surface area contributed by atoms with Gasteiger partial charge in [0.2, 0.25) is 0 Å². The Bertz CT molecular complexity index is 161. The van der Waals surface area contributed by atoms with E-state index in [1.54, 1.807) is 17.3 Å². The molecule has 1 rings (SSSR count). The fourth-order valence-electron chi connectivity index (χ4n) is 0.463. The smallest absolute Gasteiger partial charge is 0.154 e. The van der Waals surface area contributed by atoms with Crippen molar-refractivity contribution >= 4 is 23.3 Å². The van der Waals surface area contributed by atoms with E-state index < -0.39 is 0 Å². The minimum Gasteiger partial charge on any atom is -0.227 e. The highest BCUT2D eigenvalue weighted by molar-refractivity contribution is 7.98. The number of aromatic nitrogens is 2. The summed E-state index contributed by atoms with van der Waals surface area (Å²) in [6.07, 6.45) is 2.06. The molecule has 0 aliphatic heterocycles. The highest BCUT2D eigenvalue weighted by atomic mass is 32.2. The first-order chi connectivity index (χ1) is 4.34. The molecule has 0 aromatic carbocycles. The summed E-state index contributed by atoms with van der Waals surface area (Å²) in [7, 11) is 0. The summed E-state index contributed by atoms with van der Waals surface area (Å²) in [4.78, 5) is 4.07. The highest BCUT2D eigenvalue weighted by Crippen LogP contribution is 2.22. The molecule has 9 heavy (non-hydrogen) atoms. The summed E-state index contributed by atoms with van der Waals surface area (Å²) in [6.45, 7) is 2.10. The van der Waals surface area contributed by atoms with Gasteiger partial charge in [0.1, 0.15) is 5.51 Å². The van der Waals surface area contributed by atoms with E-state index in [2.05, 4.69) is 22.5 Å². The Morgan fingerprint density at radius 1 is 1.78 bits per heavy atom. The molecule has 0 bridgehead atoms. The van der Waals surface area contributed by atoms with Crippen molar-refractivity contribution in [2.45, 2.75) is 12.2 Å². The molecule has 0 amide bonds. The maximum Gasteiger partial charge on any atom is 0.154 e. The van der Waals surface area contributed by atoms with E-state index in [9.17, 15) is 0 Å². The first-order valence-electron chi connectivity index (χ1n) is 2.63. The van der Waals surface area contributed by atoms with Crippen LogP contribution in [0, 0.1) is 0 Å². The summed E-state index contributed by atoms with van der Waals surface area (Å²) < 4.78 is 4.10. The van der Waals surface area contributed by atoms with Crippen LogP contribution in [0.25, 0.3) is 0 Å². The Labute approximate surface area is 62.9 Å². The molecule has 0 fully saturated rings. The molecule has 1 heterocycles. The molecule has 1 atom stereocenters. The Hall–Kier alpha value is -0.0900. The number of hydrogen-bond donors (Lipinski definition) is 0. The molecule has 1 aromatic heterocycles. The molecular formula is C5H8N2S2. The van der Waals surface area contributed by atoms with Gasteiger partial charge in [-0.1, -0.05) is 0 Å². The fraction of sp³-hybridized carbons (Fsp3) is 0.600. The minimum absolute atomic E-state index is 0.441. The van der Waals surface area contributed by atoms with Crippen molar-refractivity contribution in [3.8, 4) is 0 Å². The van der Waals surface area contributed by atoms with Gasteiger partial charge >= 0.3 is 0 Å². The van der Waals surface area contributed by atoms with E-state index in [1.165, 1.54) is 11.5 Å². The molecule has 0 radical (unpaired) electrons. The lowest BCUT2D eigenvalue weighted by Gasteiger charge is -1.99. The molecule has 0 aliphatic rings. The third kappa shape index (κ3) is 1.66. The zero-order chi connectivity index (χ0) is 6.69. The van der Waals surface area contributed by atoms with E-state index in [0.29, 0.717) is 5.25 Å². The molecule has 0 saturated heterocycles. The van der Waals surface area contributed by atoms with Gasteiger partial charge in [0.05, 0.1) is 5.25 Å². The van der Waals surface area contributed by atoms with E-state index >= 15 is 0 Å². The average Bonchev–Trinajstić information content (AvgIpc) is 2.37. The minimum atomic E-state index is 0.441. The first-order valence-corrected chi connectivity index (χ1v) is 4.76. The summed E-state index contributed by atoms with van der Waals surface area (Å²) in [5.74, 6) is 0.951. The monoisotopic (exact) mass is 160 g/mol. The van der Waals surface area contributed by atoms with Crippen LogP contribution in [0.15, 0.2) is 5.51 Å². The fourth-order valence-corrected chi connectivity index (χ4v) is 1.37. The quantitative estimate of drug-likeness (QED) is 0.661. The average molecular weight is 160 g/mol. The number of nitrogens with zero attached hydrogens (tertiary/aromatic N) is 2. The van der Waals surface area contributed by atoms with Crippen LogP contribution < -0.4 is 0 Å². The number of hydrogen-bond acceptors (Lipinski definition) is 4. The van der Waals surface area contributed by atoms with Crippen molar-refractivity contribution in [1.29, 1.82) is 0 Å². The summed E-state index contributed by atoms with van der Waals surface area (Å²) >= 11 is 3.17. The topological polar surface area (TPSA) is 25.8 Å². The van der Waals surface area contributed by atoms with Gasteiger partial charge in [-0.25, -0.2) is 4.98 Å². The van der Waals surface area contributed by atoms with Gasteiger partial charge in [-0.2, -0.15) is 16.1 Å². The zero-order valence-electron chi connectivity index (χ0n) is 5.37. The van der Waals surface area contributed by atoms with Crippen LogP contribution in [0.3, 0.4) is 0 Å². The van der Waals surface area contributed by atoms with Crippen LogP contribution in [0.5, 0.6) is 0 Å². The van der Waals surface area contributed by atoms with E-state index in [0.717, 1.165) is 5.82 Å². The molecule has 4 heteroatoms. The van der Waals surface area contributed by atoms with Gasteiger partial charge in [-0.15, -0.1) is 0 Å². The lowest BCUT2D eigenvalue weighted by Crippen LogP contribution is -1.88. The third-order valence-electron chi connectivity index (χ3n) is 1.10. The lowest BCUT2D eigenvalue weighted by atomic mass is 10.5. The Morgan fingerprint density at radius 2 is 2.56 bits per heavy atom. The second-order valence-corrected chi connectivity index (χ2v) is 3.45. The van der Waals surface area contributed by atoms with Crippen LogP contribution in [0.2, 0.25) is 0 Å². The molecule has 0 saturated carbocycles. The standard InChI is InChI=1S/C5H8N2S2/c1-4(8-2)5-6-3-9-7-5/h3-4H,1-2H3. The molecule has 0 spiro atoms. The largest absolute Gasteiger partial charge is 0.227 e. The Balaban J connectivity index is 2.65. The normalized spacial score (nSPS) is 13.6. The first kappa shape index (κ1) is 7.02. The summed E-state index contributed by atoms with van der Waals surface area (Å²) in [5.41, 5.74) is 1.77. The summed E-state index contributed by atoms with van der Waals surface area (Å²) in [5, 5.41) is 0.441. The molecule has 1 unspecified atom stereocenters. The van der Waals surface area contributed by atoms with Crippen molar-refractivity contribution < 1.29 is 0 Å². The highest BCUT2D eigenvalue weighted by Gasteiger charge is 2.05. The number of thioether (sulfide) groups is 1. The van der Waals surface area contributed by atoms with Crippen molar-refractivity contribution in [2.75, 3.05) is 6.26 Å². The van der Waals surface area contributed by atoms with Crippen LogP contribution >= 0.6 is 23.3 Å². The molecule has 50 valence electrons. The molecule has 0 aliphatic carbocycles. The maximum absolute atomic E-state index is 4.10. The van der Waals surface area contributed by atoms with Crippen molar-refractivity contribution in [1.82, 2.24) is 9.36 Å².